The van der Waals surface area contributed by atoms with Crippen molar-refractivity contribution in [3.05, 3.63) is 63.1 Å². The third-order valence-corrected chi connectivity index (χ3v) is 5.44. The van der Waals surface area contributed by atoms with Gasteiger partial charge in [-0.3, -0.25) is 4.79 Å². The van der Waals surface area contributed by atoms with Crippen molar-refractivity contribution in [3.63, 3.8) is 0 Å². The van der Waals surface area contributed by atoms with Gasteiger partial charge in [0.25, 0.3) is 0 Å². The van der Waals surface area contributed by atoms with Crippen LogP contribution in [0.3, 0.4) is 0 Å². The van der Waals surface area contributed by atoms with E-state index in [2.05, 4.69) is 31.3 Å². The number of thiophene rings is 1. The first-order chi connectivity index (χ1) is 12.0. The van der Waals surface area contributed by atoms with Crippen LogP contribution in [0.1, 0.15) is 18.5 Å². The molecule has 1 atom stereocenters. The first kappa shape index (κ1) is 16.0. The summed E-state index contributed by atoms with van der Waals surface area (Å²) in [7, 11) is 0. The number of fused-ring (bicyclic) bond motifs is 1. The zero-order chi connectivity index (χ0) is 17.6. The Bertz CT molecular complexity index is 975. The monoisotopic (exact) mass is 415 g/mol. The lowest BCUT2D eigenvalue weighted by Gasteiger charge is -2.27. The predicted molar refractivity (Wildman–Crippen MR) is 101 cm³/mol. The predicted octanol–water partition coefficient (Wildman–Crippen LogP) is 3.54. The van der Waals surface area contributed by atoms with E-state index in [4.69, 9.17) is 5.73 Å². The van der Waals surface area contributed by atoms with Crippen LogP contribution in [0.2, 0.25) is 0 Å². The highest BCUT2D eigenvalue weighted by Crippen LogP contribution is 2.36. The van der Waals surface area contributed by atoms with Gasteiger partial charge in [0.1, 0.15) is 6.04 Å². The lowest BCUT2D eigenvalue weighted by Crippen LogP contribution is -2.31. The lowest BCUT2D eigenvalue weighted by atomic mass is 9.95. The number of hydrogen-bond acceptors (Lipinski definition) is 5. The van der Waals surface area contributed by atoms with Gasteiger partial charge < -0.3 is 11.1 Å². The third kappa shape index (κ3) is 2.77. The highest BCUT2D eigenvalue weighted by Gasteiger charge is 2.33. The summed E-state index contributed by atoms with van der Waals surface area (Å²) in [5, 5.41) is 9.77. The van der Waals surface area contributed by atoms with Crippen molar-refractivity contribution in [2.75, 3.05) is 5.32 Å². The second-order valence-electron chi connectivity index (χ2n) is 5.66. The molecule has 1 aliphatic heterocycles. The molecular weight excluding hydrogens is 402 g/mol. The van der Waals surface area contributed by atoms with Crippen molar-refractivity contribution in [2.45, 2.75) is 13.0 Å². The van der Waals surface area contributed by atoms with Crippen LogP contribution in [0.15, 0.2) is 57.5 Å². The average molecular weight is 416 g/mol. The number of halogens is 1. The van der Waals surface area contributed by atoms with Crippen LogP contribution in [-0.2, 0) is 4.79 Å². The molecular formula is C17H14BrN5OS. The molecule has 0 fully saturated rings. The molecule has 0 saturated heterocycles. The van der Waals surface area contributed by atoms with E-state index in [1.807, 2.05) is 48.7 Å². The lowest BCUT2D eigenvalue weighted by molar-refractivity contribution is -0.115. The van der Waals surface area contributed by atoms with Crippen LogP contribution in [0.5, 0.6) is 0 Å². The zero-order valence-electron chi connectivity index (χ0n) is 13.2. The summed E-state index contributed by atoms with van der Waals surface area (Å²) in [6.45, 7) is 1.83. The third-order valence-electron chi connectivity index (χ3n) is 4.05. The first-order valence-electron chi connectivity index (χ1n) is 7.58. The van der Waals surface area contributed by atoms with E-state index in [9.17, 15) is 4.79 Å². The number of nitrogens with zero attached hydrogens (tertiary/aromatic N) is 3. The number of carbonyl (C=O) groups is 1. The van der Waals surface area contributed by atoms with Crippen molar-refractivity contribution in [3.8, 4) is 10.7 Å². The Morgan fingerprint density at radius 1 is 1.32 bits per heavy atom. The minimum Gasteiger partial charge on any atom is -0.366 e. The normalized spacial score (nSPS) is 16.5. The minimum atomic E-state index is -0.475. The Balaban J connectivity index is 1.89. The van der Waals surface area contributed by atoms with Gasteiger partial charge >= 0.3 is 0 Å². The van der Waals surface area contributed by atoms with Gasteiger partial charge in [0, 0.05) is 10.2 Å². The average Bonchev–Trinajstić information content (AvgIpc) is 3.23. The fourth-order valence-electron chi connectivity index (χ4n) is 2.93. The van der Waals surface area contributed by atoms with Crippen LogP contribution in [0, 0.1) is 0 Å². The van der Waals surface area contributed by atoms with Gasteiger partial charge in [-0.15, -0.1) is 16.4 Å². The van der Waals surface area contributed by atoms with Gasteiger partial charge in [-0.1, -0.05) is 34.1 Å². The van der Waals surface area contributed by atoms with E-state index < -0.39 is 11.9 Å². The summed E-state index contributed by atoms with van der Waals surface area (Å²) in [6, 6.07) is 11.3. The number of hydrogen-bond donors (Lipinski definition) is 2. The summed E-state index contributed by atoms with van der Waals surface area (Å²) in [5.41, 5.74) is 7.76. The van der Waals surface area contributed by atoms with Crippen LogP contribution in [-0.4, -0.2) is 20.7 Å². The van der Waals surface area contributed by atoms with Crippen molar-refractivity contribution >= 4 is 39.1 Å². The standard InChI is InChI=1S/C17H14BrN5OS/c1-9-13(15(19)24)14(10-4-6-11(18)7-5-10)23-17(20-9)21-16(22-23)12-3-2-8-25-12/h2-8,14H,1H3,(H2,19,24)(H,20,21,22)/t14-/m1/s1. The topological polar surface area (TPSA) is 85.8 Å². The Hall–Kier alpha value is -2.45. The molecule has 0 unspecified atom stereocenters. The molecule has 3 N–H and O–H groups in total. The van der Waals surface area contributed by atoms with Crippen LogP contribution < -0.4 is 11.1 Å². The number of allylic oxidation sites excluding steroid dienone is 1. The van der Waals surface area contributed by atoms with Crippen LogP contribution in [0.4, 0.5) is 5.95 Å². The first-order valence-corrected chi connectivity index (χ1v) is 9.25. The van der Waals surface area contributed by atoms with Crippen LogP contribution in [0.25, 0.3) is 10.7 Å². The summed E-state index contributed by atoms with van der Waals surface area (Å²) in [5.74, 6) is 0.744. The van der Waals surface area contributed by atoms with Crippen molar-refractivity contribution in [1.82, 2.24) is 14.8 Å². The van der Waals surface area contributed by atoms with Gasteiger partial charge in [-0.25, -0.2) is 4.68 Å². The van der Waals surface area contributed by atoms with E-state index in [1.165, 1.54) is 0 Å². The maximum absolute atomic E-state index is 12.1. The molecule has 0 radical (unpaired) electrons. The maximum atomic E-state index is 12.1. The Kier molecular flexibility index (Phi) is 3.93. The summed E-state index contributed by atoms with van der Waals surface area (Å²) >= 11 is 5.01. The van der Waals surface area contributed by atoms with Gasteiger partial charge in [0.2, 0.25) is 11.9 Å². The van der Waals surface area contributed by atoms with Gasteiger partial charge in [-0.2, -0.15) is 4.98 Å². The smallest absolute Gasteiger partial charge is 0.248 e. The molecule has 4 rings (SSSR count). The molecule has 25 heavy (non-hydrogen) atoms. The van der Waals surface area contributed by atoms with E-state index in [0.29, 0.717) is 23.0 Å². The molecule has 3 heterocycles. The Labute approximate surface area is 156 Å². The molecule has 0 aliphatic carbocycles. The Morgan fingerprint density at radius 2 is 2.08 bits per heavy atom. The van der Waals surface area contributed by atoms with Crippen molar-refractivity contribution in [1.29, 1.82) is 0 Å². The molecule has 1 aromatic carbocycles. The van der Waals surface area contributed by atoms with E-state index in [-0.39, 0.29) is 0 Å². The number of rotatable bonds is 3. The minimum absolute atomic E-state index is 0.414. The second kappa shape index (κ2) is 6.12. The van der Waals surface area contributed by atoms with Crippen molar-refractivity contribution in [2.24, 2.45) is 5.73 Å². The SMILES string of the molecule is CC1=C(C(N)=O)[C@@H](c2ccc(Br)cc2)n2nc(-c3cccs3)nc2N1. The molecule has 1 amide bonds. The maximum Gasteiger partial charge on any atom is 0.248 e. The van der Waals surface area contributed by atoms with Gasteiger partial charge in [0.05, 0.1) is 10.5 Å². The number of amides is 1. The summed E-state index contributed by atoms with van der Waals surface area (Å²) < 4.78 is 2.69. The Morgan fingerprint density at radius 3 is 2.72 bits per heavy atom. The van der Waals surface area contributed by atoms with Crippen molar-refractivity contribution < 1.29 is 4.79 Å². The quantitative estimate of drug-likeness (QED) is 0.684. The summed E-state index contributed by atoms with van der Waals surface area (Å²) in [6.07, 6.45) is 0. The van der Waals surface area contributed by atoms with E-state index >= 15 is 0 Å². The molecule has 1 aliphatic rings. The number of aromatic nitrogens is 3. The molecule has 126 valence electrons. The molecule has 8 heteroatoms. The largest absolute Gasteiger partial charge is 0.366 e. The van der Waals surface area contributed by atoms with Gasteiger partial charge in [-0.05, 0) is 36.1 Å². The molecule has 0 spiro atoms. The number of carbonyl (C=O) groups excluding carboxylic acids is 1. The number of primary amides is 1. The fraction of sp³-hybridized carbons (Fsp3) is 0.118. The highest BCUT2D eigenvalue weighted by atomic mass is 79.9. The fourth-order valence-corrected chi connectivity index (χ4v) is 3.85. The molecule has 0 saturated carbocycles. The van der Waals surface area contributed by atoms with E-state index in [0.717, 1.165) is 14.9 Å². The molecule has 0 bridgehead atoms. The highest BCUT2D eigenvalue weighted by molar-refractivity contribution is 9.10. The summed E-state index contributed by atoms with van der Waals surface area (Å²) in [4.78, 5) is 17.7. The number of benzene rings is 1. The second-order valence-corrected chi connectivity index (χ2v) is 7.53. The number of nitrogens with one attached hydrogen (secondary N) is 1. The van der Waals surface area contributed by atoms with Gasteiger partial charge in [0.15, 0.2) is 5.82 Å². The molecule has 3 aromatic rings. The van der Waals surface area contributed by atoms with E-state index in [1.54, 1.807) is 16.0 Å². The zero-order valence-corrected chi connectivity index (χ0v) is 15.6. The molecule has 2 aromatic heterocycles. The molecule has 6 nitrogen and oxygen atoms in total. The number of nitrogens with two attached hydrogens (primary N) is 1. The van der Waals surface area contributed by atoms with Crippen LogP contribution >= 0.6 is 27.3 Å². The number of anilines is 1.